The van der Waals surface area contributed by atoms with Crippen LogP contribution in [0.15, 0.2) is 24.3 Å². The molecule has 0 radical (unpaired) electrons. The fourth-order valence-corrected chi connectivity index (χ4v) is 1.64. The molecule has 0 amide bonds. The fraction of sp³-hybridized carbons (Fsp3) is 0.529. The van der Waals surface area contributed by atoms with Gasteiger partial charge in [-0.2, -0.15) is 0 Å². The van der Waals surface area contributed by atoms with Gasteiger partial charge in [0.2, 0.25) is 0 Å². The van der Waals surface area contributed by atoms with Crippen molar-refractivity contribution in [3.63, 3.8) is 0 Å². The van der Waals surface area contributed by atoms with Gasteiger partial charge in [-0.25, -0.2) is 0 Å². The standard InChI is InChI=1S/C15H22O2.C2H6/c1-4-17-11-7-5-6-8-14-12-13(2)9-10-15(14)16-3;1-2/h6,8-10,12H,4-5,7,11H2,1-3H3;1-2H3/b8-6+;. The van der Waals surface area contributed by atoms with E-state index in [1.54, 1.807) is 7.11 Å². The Labute approximate surface area is 118 Å². The van der Waals surface area contributed by atoms with Crippen LogP contribution < -0.4 is 4.74 Å². The highest BCUT2D eigenvalue weighted by atomic mass is 16.5. The maximum Gasteiger partial charge on any atom is 0.126 e. The highest BCUT2D eigenvalue weighted by Gasteiger charge is 1.98. The lowest BCUT2D eigenvalue weighted by molar-refractivity contribution is 0.145. The van der Waals surface area contributed by atoms with Crippen molar-refractivity contribution in [2.24, 2.45) is 0 Å². The molecule has 0 atom stereocenters. The van der Waals surface area contributed by atoms with Crippen molar-refractivity contribution in [3.05, 3.63) is 35.4 Å². The number of ether oxygens (including phenoxy) is 2. The maximum atomic E-state index is 5.32. The van der Waals surface area contributed by atoms with Gasteiger partial charge in [-0.15, -0.1) is 0 Å². The third kappa shape index (κ3) is 7.68. The van der Waals surface area contributed by atoms with Crippen LogP contribution in [0.3, 0.4) is 0 Å². The van der Waals surface area contributed by atoms with E-state index in [1.165, 1.54) is 5.56 Å². The number of unbranched alkanes of at least 4 members (excludes halogenated alkanes) is 1. The summed E-state index contributed by atoms with van der Waals surface area (Å²) in [5, 5.41) is 0. The Balaban J connectivity index is 0.00000154. The Morgan fingerprint density at radius 1 is 1.21 bits per heavy atom. The van der Waals surface area contributed by atoms with Gasteiger partial charge in [0, 0.05) is 18.8 Å². The summed E-state index contributed by atoms with van der Waals surface area (Å²) in [7, 11) is 1.71. The average Bonchev–Trinajstić information content (AvgIpc) is 2.45. The lowest BCUT2D eigenvalue weighted by atomic mass is 10.1. The van der Waals surface area contributed by atoms with Crippen LogP contribution >= 0.6 is 0 Å². The minimum atomic E-state index is 0.801. The molecule has 0 aromatic heterocycles. The molecule has 1 aromatic rings. The van der Waals surface area contributed by atoms with E-state index in [2.05, 4.69) is 31.2 Å². The lowest BCUT2D eigenvalue weighted by Crippen LogP contribution is -1.91. The molecule has 108 valence electrons. The fourth-order valence-electron chi connectivity index (χ4n) is 1.64. The van der Waals surface area contributed by atoms with Crippen molar-refractivity contribution >= 4 is 6.08 Å². The molecule has 0 heterocycles. The van der Waals surface area contributed by atoms with E-state index in [0.29, 0.717) is 0 Å². The molecule has 0 fully saturated rings. The second kappa shape index (κ2) is 11.8. The topological polar surface area (TPSA) is 18.5 Å². The third-order valence-electron chi connectivity index (χ3n) is 2.55. The second-order valence-corrected chi connectivity index (χ2v) is 3.99. The van der Waals surface area contributed by atoms with Gasteiger partial charge < -0.3 is 9.47 Å². The first-order valence-corrected chi connectivity index (χ1v) is 7.17. The SMILES string of the molecule is CC.CCOCCC/C=C/c1cc(C)ccc1OC. The quantitative estimate of drug-likeness (QED) is 0.655. The summed E-state index contributed by atoms with van der Waals surface area (Å²) >= 11 is 0. The molecule has 2 heteroatoms. The van der Waals surface area contributed by atoms with Crippen LogP contribution in [0.4, 0.5) is 0 Å². The summed E-state index contributed by atoms with van der Waals surface area (Å²) in [5.74, 6) is 0.927. The van der Waals surface area contributed by atoms with Crippen LogP contribution in [0, 0.1) is 6.92 Å². The Kier molecular flexibility index (Phi) is 11.0. The first-order chi connectivity index (χ1) is 9.27. The first kappa shape index (κ1) is 17.7. The van der Waals surface area contributed by atoms with Crippen LogP contribution in [0.5, 0.6) is 5.75 Å². The highest BCUT2D eigenvalue weighted by molar-refractivity contribution is 5.58. The van der Waals surface area contributed by atoms with Gasteiger partial charge in [0.05, 0.1) is 7.11 Å². The van der Waals surface area contributed by atoms with E-state index < -0.39 is 0 Å². The summed E-state index contributed by atoms with van der Waals surface area (Å²) in [6, 6.07) is 6.21. The molecule has 0 spiro atoms. The molecule has 19 heavy (non-hydrogen) atoms. The van der Waals surface area contributed by atoms with Gasteiger partial charge in [-0.1, -0.05) is 37.6 Å². The predicted molar refractivity (Wildman–Crippen MR) is 83.8 cm³/mol. The number of allylic oxidation sites excluding steroid dienone is 1. The zero-order valence-electron chi connectivity index (χ0n) is 13.0. The molecule has 0 saturated carbocycles. The molecule has 0 unspecified atom stereocenters. The van der Waals surface area contributed by atoms with Gasteiger partial charge in [0.25, 0.3) is 0 Å². The lowest BCUT2D eigenvalue weighted by Gasteiger charge is -2.05. The van der Waals surface area contributed by atoms with Crippen molar-refractivity contribution in [2.45, 2.75) is 40.5 Å². The van der Waals surface area contributed by atoms with Crippen molar-refractivity contribution in [1.29, 1.82) is 0 Å². The van der Waals surface area contributed by atoms with Crippen LogP contribution in [0.2, 0.25) is 0 Å². The van der Waals surface area contributed by atoms with E-state index in [0.717, 1.165) is 37.4 Å². The number of hydrogen-bond donors (Lipinski definition) is 0. The molecule has 1 rings (SSSR count). The minimum absolute atomic E-state index is 0.801. The van der Waals surface area contributed by atoms with E-state index in [4.69, 9.17) is 9.47 Å². The number of hydrogen-bond acceptors (Lipinski definition) is 2. The monoisotopic (exact) mass is 264 g/mol. The number of benzene rings is 1. The normalized spacial score (nSPS) is 10.2. The summed E-state index contributed by atoms with van der Waals surface area (Å²) in [4.78, 5) is 0. The molecule has 0 aliphatic heterocycles. The summed E-state index contributed by atoms with van der Waals surface area (Å²) in [6.45, 7) is 9.75. The number of methoxy groups -OCH3 is 1. The van der Waals surface area contributed by atoms with Gasteiger partial charge >= 0.3 is 0 Å². The Bertz CT molecular complexity index is 356. The summed E-state index contributed by atoms with van der Waals surface area (Å²) < 4.78 is 10.6. The first-order valence-electron chi connectivity index (χ1n) is 7.17. The van der Waals surface area contributed by atoms with E-state index in [1.807, 2.05) is 26.8 Å². The minimum Gasteiger partial charge on any atom is -0.496 e. The van der Waals surface area contributed by atoms with Crippen molar-refractivity contribution in [3.8, 4) is 5.75 Å². The van der Waals surface area contributed by atoms with Gasteiger partial charge in [0.1, 0.15) is 5.75 Å². The molecule has 0 aliphatic carbocycles. The van der Waals surface area contributed by atoms with Gasteiger partial charge in [0.15, 0.2) is 0 Å². The van der Waals surface area contributed by atoms with Crippen LogP contribution in [-0.2, 0) is 4.74 Å². The number of aryl methyl sites for hydroxylation is 1. The van der Waals surface area contributed by atoms with Crippen molar-refractivity contribution < 1.29 is 9.47 Å². The van der Waals surface area contributed by atoms with Crippen molar-refractivity contribution in [1.82, 2.24) is 0 Å². The average molecular weight is 264 g/mol. The maximum absolute atomic E-state index is 5.32. The van der Waals surface area contributed by atoms with Gasteiger partial charge in [-0.05, 0) is 38.8 Å². The zero-order valence-corrected chi connectivity index (χ0v) is 13.0. The molecule has 1 aromatic carbocycles. The van der Waals surface area contributed by atoms with E-state index >= 15 is 0 Å². The smallest absolute Gasteiger partial charge is 0.126 e. The van der Waals surface area contributed by atoms with E-state index in [-0.39, 0.29) is 0 Å². The summed E-state index contributed by atoms with van der Waals surface area (Å²) in [6.07, 6.45) is 6.41. The molecule has 0 N–H and O–H groups in total. The largest absolute Gasteiger partial charge is 0.496 e. The van der Waals surface area contributed by atoms with Crippen LogP contribution in [-0.4, -0.2) is 20.3 Å². The third-order valence-corrected chi connectivity index (χ3v) is 2.55. The summed E-state index contributed by atoms with van der Waals surface area (Å²) in [5.41, 5.74) is 2.39. The molecular weight excluding hydrogens is 236 g/mol. The Hall–Kier alpha value is -1.28. The molecule has 0 bridgehead atoms. The van der Waals surface area contributed by atoms with Crippen molar-refractivity contribution in [2.75, 3.05) is 20.3 Å². The Morgan fingerprint density at radius 3 is 2.58 bits per heavy atom. The zero-order chi connectivity index (χ0) is 14.5. The molecular formula is C17H28O2. The molecule has 0 aliphatic rings. The number of rotatable bonds is 7. The van der Waals surface area contributed by atoms with Crippen LogP contribution in [0.1, 0.15) is 44.7 Å². The van der Waals surface area contributed by atoms with Crippen LogP contribution in [0.25, 0.3) is 6.08 Å². The predicted octanol–water partition coefficient (Wildman–Crippen LogP) is 4.86. The second-order valence-electron chi connectivity index (χ2n) is 3.99. The molecule has 0 saturated heterocycles. The molecule has 2 nitrogen and oxygen atoms in total. The Morgan fingerprint density at radius 2 is 1.95 bits per heavy atom. The highest BCUT2D eigenvalue weighted by Crippen LogP contribution is 2.21. The van der Waals surface area contributed by atoms with E-state index in [9.17, 15) is 0 Å². The van der Waals surface area contributed by atoms with Gasteiger partial charge in [-0.3, -0.25) is 0 Å².